The van der Waals surface area contributed by atoms with E-state index in [0.717, 1.165) is 27.9 Å². The molecule has 7 heteroatoms. The zero-order valence-electron chi connectivity index (χ0n) is 14.9. The molecule has 0 radical (unpaired) electrons. The number of nitrogen functional groups attached to an aromatic ring is 1. The lowest BCUT2D eigenvalue weighted by atomic mass is 10.1. The number of hydrogen-bond acceptors (Lipinski definition) is 4. The molecule has 0 aliphatic heterocycles. The molecule has 3 rings (SSSR count). The quantitative estimate of drug-likeness (QED) is 0.733. The highest BCUT2D eigenvalue weighted by atomic mass is 35.5. The van der Waals surface area contributed by atoms with Crippen molar-refractivity contribution in [3.8, 4) is 0 Å². The topological polar surface area (TPSA) is 85.8 Å². The molecule has 1 heterocycles. The number of nitrogens with zero attached hydrogens (tertiary/aromatic N) is 3. The van der Waals surface area contributed by atoms with Crippen LogP contribution in [0.3, 0.4) is 0 Å². The third kappa shape index (κ3) is 3.70. The first-order chi connectivity index (χ1) is 12.3. The van der Waals surface area contributed by atoms with Gasteiger partial charge in [-0.1, -0.05) is 46.6 Å². The van der Waals surface area contributed by atoms with Gasteiger partial charge in [-0.15, -0.1) is 5.10 Å². The van der Waals surface area contributed by atoms with Crippen LogP contribution >= 0.6 is 11.6 Å². The van der Waals surface area contributed by atoms with Gasteiger partial charge >= 0.3 is 0 Å². The number of halogens is 1. The van der Waals surface area contributed by atoms with Gasteiger partial charge in [0.15, 0.2) is 11.5 Å². The molecular weight excluding hydrogens is 350 g/mol. The number of carbonyl (C=O) groups excluding carboxylic acids is 1. The van der Waals surface area contributed by atoms with Gasteiger partial charge in [-0.05, 0) is 49.6 Å². The average Bonchev–Trinajstić information content (AvgIpc) is 2.92. The normalized spacial score (nSPS) is 10.8. The molecule has 0 atom stereocenters. The highest BCUT2D eigenvalue weighted by molar-refractivity contribution is 6.30. The fourth-order valence-electron chi connectivity index (χ4n) is 2.96. The minimum atomic E-state index is -0.380. The predicted molar refractivity (Wildman–Crippen MR) is 104 cm³/mol. The Morgan fingerprint density at radius 3 is 2.54 bits per heavy atom. The summed E-state index contributed by atoms with van der Waals surface area (Å²) < 4.78 is 1.48. The van der Waals surface area contributed by atoms with Gasteiger partial charge in [-0.2, -0.15) is 0 Å². The molecule has 3 N–H and O–H groups in total. The molecule has 0 saturated carbocycles. The average molecular weight is 370 g/mol. The van der Waals surface area contributed by atoms with E-state index in [0.29, 0.717) is 11.6 Å². The van der Waals surface area contributed by atoms with Crippen LogP contribution in [-0.2, 0) is 6.54 Å². The highest BCUT2D eigenvalue weighted by Gasteiger charge is 2.19. The molecule has 0 saturated heterocycles. The van der Waals surface area contributed by atoms with Crippen LogP contribution in [0.25, 0.3) is 0 Å². The minimum absolute atomic E-state index is 0.103. The maximum atomic E-state index is 12.6. The van der Waals surface area contributed by atoms with E-state index in [4.69, 9.17) is 17.3 Å². The lowest BCUT2D eigenvalue weighted by molar-refractivity contribution is 0.102. The van der Waals surface area contributed by atoms with Gasteiger partial charge in [-0.3, -0.25) is 4.79 Å². The number of amides is 1. The molecule has 26 heavy (non-hydrogen) atoms. The summed E-state index contributed by atoms with van der Waals surface area (Å²) in [4.78, 5) is 12.6. The van der Waals surface area contributed by atoms with Gasteiger partial charge in [0.05, 0.1) is 6.54 Å². The van der Waals surface area contributed by atoms with E-state index < -0.39 is 0 Å². The summed E-state index contributed by atoms with van der Waals surface area (Å²) in [5, 5.41) is 11.5. The third-order valence-corrected chi connectivity index (χ3v) is 4.36. The zero-order chi connectivity index (χ0) is 18.8. The summed E-state index contributed by atoms with van der Waals surface area (Å²) in [6, 6.07) is 11.4. The van der Waals surface area contributed by atoms with E-state index >= 15 is 0 Å². The maximum Gasteiger partial charge on any atom is 0.280 e. The first-order valence-corrected chi connectivity index (χ1v) is 8.55. The van der Waals surface area contributed by atoms with E-state index in [1.807, 2.05) is 51.1 Å². The summed E-state index contributed by atoms with van der Waals surface area (Å²) in [6.45, 7) is 6.31. The molecule has 0 unspecified atom stereocenters. The van der Waals surface area contributed by atoms with Gasteiger partial charge in [0, 0.05) is 10.7 Å². The monoisotopic (exact) mass is 369 g/mol. The van der Waals surface area contributed by atoms with E-state index in [2.05, 4.69) is 15.6 Å². The summed E-state index contributed by atoms with van der Waals surface area (Å²) in [5.41, 5.74) is 11.0. The summed E-state index contributed by atoms with van der Waals surface area (Å²) in [6.07, 6.45) is 0. The number of nitrogens with two attached hydrogens (primary N) is 1. The first kappa shape index (κ1) is 17.9. The molecule has 0 aliphatic carbocycles. The Bertz CT molecular complexity index is 957. The Morgan fingerprint density at radius 1 is 1.19 bits per heavy atom. The Kier molecular flexibility index (Phi) is 4.95. The van der Waals surface area contributed by atoms with Crippen LogP contribution in [-0.4, -0.2) is 20.9 Å². The Morgan fingerprint density at radius 2 is 1.88 bits per heavy atom. The van der Waals surface area contributed by atoms with Gasteiger partial charge in [0.1, 0.15) is 0 Å². The summed E-state index contributed by atoms with van der Waals surface area (Å²) >= 11 is 6.00. The smallest absolute Gasteiger partial charge is 0.280 e. The van der Waals surface area contributed by atoms with Gasteiger partial charge in [0.2, 0.25) is 0 Å². The highest BCUT2D eigenvalue weighted by Crippen LogP contribution is 2.23. The second-order valence-electron chi connectivity index (χ2n) is 6.34. The van der Waals surface area contributed by atoms with Crippen LogP contribution in [0.2, 0.25) is 5.02 Å². The van der Waals surface area contributed by atoms with Crippen molar-refractivity contribution in [3.05, 3.63) is 69.4 Å². The third-order valence-electron chi connectivity index (χ3n) is 4.13. The second-order valence-corrected chi connectivity index (χ2v) is 6.78. The molecule has 0 spiro atoms. The maximum absolute atomic E-state index is 12.6. The number of carbonyl (C=O) groups is 1. The molecule has 6 nitrogen and oxygen atoms in total. The van der Waals surface area contributed by atoms with E-state index in [1.54, 1.807) is 6.07 Å². The number of rotatable bonds is 4. The Labute approximate surface area is 157 Å². The van der Waals surface area contributed by atoms with Gasteiger partial charge < -0.3 is 11.1 Å². The van der Waals surface area contributed by atoms with Gasteiger partial charge in [-0.25, -0.2) is 4.68 Å². The van der Waals surface area contributed by atoms with Crippen LogP contribution in [0, 0.1) is 20.8 Å². The van der Waals surface area contributed by atoms with Crippen molar-refractivity contribution in [2.75, 3.05) is 11.1 Å². The standard InChI is InChI=1S/C19H20ClN5O/c1-11-7-12(2)16(13(3)8-11)22-19(26)17-18(21)25(24-23-17)10-14-5-4-6-15(20)9-14/h4-9H,10,21H2,1-3H3,(H,22,26). The van der Waals surface area contributed by atoms with E-state index in [-0.39, 0.29) is 17.4 Å². The van der Waals surface area contributed by atoms with Crippen LogP contribution in [0.5, 0.6) is 0 Å². The fourth-order valence-corrected chi connectivity index (χ4v) is 3.17. The molecule has 1 aromatic heterocycles. The lowest BCUT2D eigenvalue weighted by Gasteiger charge is -2.12. The predicted octanol–water partition coefficient (Wildman–Crippen LogP) is 3.74. The van der Waals surface area contributed by atoms with Crippen LogP contribution in [0.4, 0.5) is 11.5 Å². The molecule has 0 aliphatic rings. The Hall–Kier alpha value is -2.86. The zero-order valence-corrected chi connectivity index (χ0v) is 15.6. The van der Waals surface area contributed by atoms with Gasteiger partial charge in [0.25, 0.3) is 5.91 Å². The van der Waals surface area contributed by atoms with Crippen molar-refractivity contribution in [1.82, 2.24) is 15.0 Å². The van der Waals surface area contributed by atoms with Crippen molar-refractivity contribution in [2.24, 2.45) is 0 Å². The number of anilines is 2. The fraction of sp³-hybridized carbons (Fsp3) is 0.211. The molecule has 2 aromatic carbocycles. The number of nitrogens with one attached hydrogen (secondary N) is 1. The van der Waals surface area contributed by atoms with E-state index in [1.165, 1.54) is 4.68 Å². The molecule has 0 fully saturated rings. The molecule has 1 amide bonds. The summed E-state index contributed by atoms with van der Waals surface area (Å²) in [5.74, 6) is -0.167. The summed E-state index contributed by atoms with van der Waals surface area (Å²) in [7, 11) is 0. The van der Waals surface area contributed by atoms with Crippen molar-refractivity contribution >= 4 is 29.0 Å². The van der Waals surface area contributed by atoms with Crippen molar-refractivity contribution in [3.63, 3.8) is 0 Å². The van der Waals surface area contributed by atoms with Crippen LogP contribution in [0.1, 0.15) is 32.7 Å². The van der Waals surface area contributed by atoms with Crippen molar-refractivity contribution in [2.45, 2.75) is 27.3 Å². The number of aryl methyl sites for hydroxylation is 3. The molecule has 0 bridgehead atoms. The molecular formula is C19H20ClN5O. The van der Waals surface area contributed by atoms with Crippen molar-refractivity contribution < 1.29 is 4.79 Å². The number of aromatic nitrogens is 3. The van der Waals surface area contributed by atoms with Crippen LogP contribution in [0.15, 0.2) is 36.4 Å². The molecule has 3 aromatic rings. The molecule has 134 valence electrons. The van der Waals surface area contributed by atoms with E-state index in [9.17, 15) is 4.79 Å². The van der Waals surface area contributed by atoms with Crippen LogP contribution < -0.4 is 11.1 Å². The Balaban J connectivity index is 1.82. The first-order valence-electron chi connectivity index (χ1n) is 8.17. The second kappa shape index (κ2) is 7.17. The number of hydrogen-bond donors (Lipinski definition) is 2. The SMILES string of the molecule is Cc1cc(C)c(NC(=O)c2nnn(Cc3cccc(Cl)c3)c2N)c(C)c1. The number of benzene rings is 2. The minimum Gasteiger partial charge on any atom is -0.382 e. The van der Waals surface area contributed by atoms with Crippen molar-refractivity contribution in [1.29, 1.82) is 0 Å². The lowest BCUT2D eigenvalue weighted by Crippen LogP contribution is -2.17. The largest absolute Gasteiger partial charge is 0.382 e.